The van der Waals surface area contributed by atoms with Crippen molar-refractivity contribution >= 4 is 46.4 Å². The van der Waals surface area contributed by atoms with Gasteiger partial charge in [0.2, 0.25) is 0 Å². The van der Waals surface area contributed by atoms with Gasteiger partial charge in [-0.25, -0.2) is 0 Å². The maximum Gasteiger partial charge on any atom is 0.296 e. The molecule has 0 radical (unpaired) electrons. The second-order valence-corrected chi connectivity index (χ2v) is 5.31. The van der Waals surface area contributed by atoms with E-state index in [1.807, 2.05) is 0 Å². The van der Waals surface area contributed by atoms with E-state index in [1.54, 1.807) is 24.3 Å². The van der Waals surface area contributed by atoms with E-state index in [9.17, 15) is 19.2 Å². The Hall–Kier alpha value is -3.19. The van der Waals surface area contributed by atoms with Crippen molar-refractivity contribution in [3.05, 3.63) is 52.5 Å². The summed E-state index contributed by atoms with van der Waals surface area (Å²) < 4.78 is 0. The van der Waals surface area contributed by atoms with Gasteiger partial charge in [-0.1, -0.05) is 23.7 Å². The molecule has 2 aromatic rings. The predicted molar refractivity (Wildman–Crippen MR) is 85.5 cm³/mol. The van der Waals surface area contributed by atoms with Crippen LogP contribution in [0.3, 0.4) is 0 Å². The number of nitrogens with one attached hydrogen (secondary N) is 2. The van der Waals surface area contributed by atoms with Crippen molar-refractivity contribution in [2.75, 3.05) is 10.6 Å². The molecule has 0 spiro atoms. The summed E-state index contributed by atoms with van der Waals surface area (Å²) in [5, 5.41) is 13.9. The molecule has 120 valence electrons. The van der Waals surface area contributed by atoms with Crippen LogP contribution in [0.15, 0.2) is 36.4 Å². The van der Waals surface area contributed by atoms with Gasteiger partial charge in [0.1, 0.15) is 5.75 Å². The number of hydrogen-bond donors (Lipinski definition) is 3. The number of Topliss-reactive ketones (excluding diaryl/α,β-unsaturated/α-hetero) is 2. The Morgan fingerprint density at radius 3 is 2.12 bits per heavy atom. The molecule has 7 nitrogen and oxygen atoms in total. The number of phenolic OH excluding ortho intramolecular Hbond substituents is 1. The molecule has 0 aromatic heterocycles. The number of halogens is 1. The highest BCUT2D eigenvalue weighted by molar-refractivity contribution is 6.55. The van der Waals surface area contributed by atoms with Crippen LogP contribution < -0.4 is 10.6 Å². The van der Waals surface area contributed by atoms with Crippen molar-refractivity contribution < 1.29 is 24.3 Å². The quantitative estimate of drug-likeness (QED) is 0.500. The third kappa shape index (κ3) is 2.50. The van der Waals surface area contributed by atoms with Gasteiger partial charge < -0.3 is 15.7 Å². The Labute approximate surface area is 140 Å². The number of fused-ring (bicyclic) bond motifs is 2. The van der Waals surface area contributed by atoms with E-state index >= 15 is 0 Å². The third-order valence-electron chi connectivity index (χ3n) is 3.43. The third-order valence-corrected chi connectivity index (χ3v) is 3.81. The number of benzene rings is 2. The Balaban J connectivity index is 0.000000143. The maximum absolute atomic E-state index is 11.2. The molecule has 0 unspecified atom stereocenters. The number of ketones is 2. The molecule has 2 aliphatic rings. The Kier molecular flexibility index (Phi) is 3.78. The number of para-hydroxylation sites is 1. The summed E-state index contributed by atoms with van der Waals surface area (Å²) in [5.41, 5.74) is 1.48. The zero-order valence-corrected chi connectivity index (χ0v) is 12.7. The molecule has 0 aliphatic carbocycles. The lowest BCUT2D eigenvalue weighted by Crippen LogP contribution is -2.12. The van der Waals surface area contributed by atoms with Crippen molar-refractivity contribution in [1.82, 2.24) is 0 Å². The Morgan fingerprint density at radius 2 is 1.42 bits per heavy atom. The minimum atomic E-state index is -0.720. The molecule has 8 heteroatoms. The summed E-state index contributed by atoms with van der Waals surface area (Å²) >= 11 is 5.64. The van der Waals surface area contributed by atoms with Gasteiger partial charge in [-0.2, -0.15) is 0 Å². The van der Waals surface area contributed by atoms with Crippen molar-refractivity contribution in [3.8, 4) is 5.75 Å². The average molecular weight is 345 g/mol. The van der Waals surface area contributed by atoms with Crippen LogP contribution in [0.25, 0.3) is 0 Å². The molecule has 0 fully saturated rings. The standard InChI is InChI=1S/C8H4ClNO3.C8H5NO2/c9-6-4(11)2-1-3-5(6)7(12)8(13)10-3;10-7-5-3-1-2-4-6(5)9-8(7)11/h1-2,11H,(H,10,12,13);1-4H,(H,9,10,11). The monoisotopic (exact) mass is 344 g/mol. The number of rotatable bonds is 0. The summed E-state index contributed by atoms with van der Waals surface area (Å²) in [6.07, 6.45) is 0. The van der Waals surface area contributed by atoms with Crippen LogP contribution in [-0.4, -0.2) is 28.5 Å². The molecule has 4 rings (SSSR count). The van der Waals surface area contributed by atoms with E-state index in [2.05, 4.69) is 10.6 Å². The first-order valence-corrected chi connectivity index (χ1v) is 7.10. The van der Waals surface area contributed by atoms with Gasteiger partial charge in [-0.3, -0.25) is 19.2 Å². The van der Waals surface area contributed by atoms with Gasteiger partial charge in [-0.15, -0.1) is 0 Å². The number of anilines is 2. The first kappa shape index (κ1) is 15.7. The summed E-state index contributed by atoms with van der Waals surface area (Å²) in [5.74, 6) is -2.62. The van der Waals surface area contributed by atoms with E-state index < -0.39 is 23.4 Å². The second-order valence-electron chi connectivity index (χ2n) is 4.93. The molecule has 2 amide bonds. The summed E-state index contributed by atoms with van der Waals surface area (Å²) in [6, 6.07) is 9.60. The molecule has 2 aromatic carbocycles. The summed E-state index contributed by atoms with van der Waals surface area (Å²) in [7, 11) is 0. The number of carbonyl (C=O) groups is 4. The van der Waals surface area contributed by atoms with Crippen molar-refractivity contribution in [2.24, 2.45) is 0 Å². The zero-order valence-electron chi connectivity index (χ0n) is 11.9. The molecule has 2 aliphatic heterocycles. The van der Waals surface area contributed by atoms with Crippen molar-refractivity contribution in [2.45, 2.75) is 0 Å². The van der Waals surface area contributed by atoms with Crippen LogP contribution in [0.2, 0.25) is 5.02 Å². The van der Waals surface area contributed by atoms with E-state index in [0.717, 1.165) is 0 Å². The SMILES string of the molecule is O=C1Nc2ccc(O)c(Cl)c2C1=O.O=C1Nc2ccccc2C1=O. The van der Waals surface area contributed by atoms with Crippen molar-refractivity contribution in [1.29, 1.82) is 0 Å². The van der Waals surface area contributed by atoms with E-state index in [1.165, 1.54) is 12.1 Å². The lowest BCUT2D eigenvalue weighted by atomic mass is 10.1. The second kappa shape index (κ2) is 5.78. The number of phenols is 1. The molecule has 3 N–H and O–H groups in total. The number of carbonyl (C=O) groups excluding carboxylic acids is 4. The average Bonchev–Trinajstić information content (AvgIpc) is 3.02. The molecule has 0 bridgehead atoms. The van der Waals surface area contributed by atoms with Crippen molar-refractivity contribution in [3.63, 3.8) is 0 Å². The normalized spacial score (nSPS) is 14.4. The zero-order chi connectivity index (χ0) is 17.4. The van der Waals surface area contributed by atoms with E-state index in [0.29, 0.717) is 16.9 Å². The minimum absolute atomic E-state index is 0.0478. The van der Waals surface area contributed by atoms with Crippen LogP contribution in [0, 0.1) is 0 Å². The first-order chi connectivity index (χ1) is 11.4. The fourth-order valence-electron chi connectivity index (χ4n) is 2.28. The van der Waals surface area contributed by atoms with E-state index in [-0.39, 0.29) is 16.3 Å². The first-order valence-electron chi connectivity index (χ1n) is 6.72. The van der Waals surface area contributed by atoms with Gasteiger partial charge in [-0.05, 0) is 24.3 Å². The number of amides is 2. The molecule has 0 saturated heterocycles. The fourth-order valence-corrected chi connectivity index (χ4v) is 2.53. The lowest BCUT2D eigenvalue weighted by Gasteiger charge is -2.00. The summed E-state index contributed by atoms with van der Waals surface area (Å²) in [4.78, 5) is 43.8. The molecular formula is C16H9ClN2O5. The highest BCUT2D eigenvalue weighted by atomic mass is 35.5. The topological polar surface area (TPSA) is 113 Å². The number of hydrogen-bond acceptors (Lipinski definition) is 5. The molecular weight excluding hydrogens is 336 g/mol. The molecule has 24 heavy (non-hydrogen) atoms. The van der Waals surface area contributed by atoms with Gasteiger partial charge in [0.15, 0.2) is 0 Å². The molecule has 0 saturated carbocycles. The fraction of sp³-hybridized carbons (Fsp3) is 0. The van der Waals surface area contributed by atoms with E-state index in [4.69, 9.17) is 16.7 Å². The van der Waals surface area contributed by atoms with Gasteiger partial charge in [0.05, 0.1) is 27.5 Å². The Morgan fingerprint density at radius 1 is 0.792 bits per heavy atom. The number of aromatic hydroxyl groups is 1. The van der Waals surface area contributed by atoms with Gasteiger partial charge >= 0.3 is 0 Å². The highest BCUT2D eigenvalue weighted by Gasteiger charge is 2.31. The smallest absolute Gasteiger partial charge is 0.296 e. The van der Waals surface area contributed by atoms with Crippen LogP contribution in [0.5, 0.6) is 5.75 Å². The van der Waals surface area contributed by atoms with Gasteiger partial charge in [0.25, 0.3) is 23.4 Å². The largest absolute Gasteiger partial charge is 0.506 e. The van der Waals surface area contributed by atoms with Crippen LogP contribution in [0.1, 0.15) is 20.7 Å². The Bertz CT molecular complexity index is 923. The lowest BCUT2D eigenvalue weighted by molar-refractivity contribution is -0.112. The van der Waals surface area contributed by atoms with Crippen LogP contribution in [0.4, 0.5) is 11.4 Å². The molecule has 2 heterocycles. The predicted octanol–water partition coefficient (Wildman–Crippen LogP) is 2.00. The van der Waals surface area contributed by atoms with Gasteiger partial charge in [0, 0.05) is 0 Å². The highest BCUT2D eigenvalue weighted by Crippen LogP contribution is 2.35. The van der Waals surface area contributed by atoms with Crippen LogP contribution >= 0.6 is 11.6 Å². The maximum atomic E-state index is 11.2. The van der Waals surface area contributed by atoms with Crippen LogP contribution in [-0.2, 0) is 9.59 Å². The summed E-state index contributed by atoms with van der Waals surface area (Å²) in [6.45, 7) is 0. The molecule has 0 atom stereocenters. The minimum Gasteiger partial charge on any atom is -0.506 e.